The second kappa shape index (κ2) is 9.31. The number of quaternary nitrogens is 1. The molecule has 0 unspecified atom stereocenters. The van der Waals surface area contributed by atoms with Gasteiger partial charge in [-0.1, -0.05) is 12.8 Å². The number of nitrogens with one attached hydrogen (secondary N) is 2. The summed E-state index contributed by atoms with van der Waals surface area (Å²) in [5, 5.41) is 3.26. The molecule has 6 heteroatoms. The summed E-state index contributed by atoms with van der Waals surface area (Å²) in [6.07, 6.45) is 6.72. The molecule has 0 radical (unpaired) electrons. The van der Waals surface area contributed by atoms with Crippen molar-refractivity contribution in [1.29, 1.82) is 0 Å². The Hall–Kier alpha value is -1.95. The Labute approximate surface area is 162 Å². The molecule has 6 nitrogen and oxygen atoms in total. The zero-order chi connectivity index (χ0) is 19.2. The molecule has 1 saturated carbocycles. The maximum Gasteiger partial charge on any atom is 0.223 e. The van der Waals surface area contributed by atoms with Crippen molar-refractivity contribution >= 4 is 5.91 Å². The van der Waals surface area contributed by atoms with Crippen LogP contribution in [-0.4, -0.2) is 46.4 Å². The van der Waals surface area contributed by atoms with Gasteiger partial charge in [-0.05, 0) is 25.0 Å². The Morgan fingerprint density at radius 3 is 2.11 bits per heavy atom. The van der Waals surface area contributed by atoms with E-state index in [-0.39, 0.29) is 11.8 Å². The van der Waals surface area contributed by atoms with Crippen molar-refractivity contribution in [1.82, 2.24) is 5.32 Å². The lowest BCUT2D eigenvalue weighted by Gasteiger charge is -2.29. The van der Waals surface area contributed by atoms with E-state index < -0.39 is 0 Å². The summed E-state index contributed by atoms with van der Waals surface area (Å²) >= 11 is 0. The predicted octanol–water partition coefficient (Wildman–Crippen LogP) is 1.57. The van der Waals surface area contributed by atoms with E-state index in [1.807, 2.05) is 12.1 Å². The number of amides is 1. The Balaban J connectivity index is 1.55. The molecule has 0 atom stereocenters. The largest absolute Gasteiger partial charge is 0.493 e. The highest BCUT2D eigenvalue weighted by Crippen LogP contribution is 2.38. The van der Waals surface area contributed by atoms with E-state index in [0.717, 1.165) is 50.9 Å². The molecule has 1 aliphatic heterocycles. The first-order valence-electron chi connectivity index (χ1n) is 10.1. The summed E-state index contributed by atoms with van der Waals surface area (Å²) in [7, 11) is 4.90. The lowest BCUT2D eigenvalue weighted by atomic mass is 9.95. The van der Waals surface area contributed by atoms with E-state index in [1.54, 1.807) is 21.3 Å². The van der Waals surface area contributed by atoms with Crippen molar-refractivity contribution in [2.45, 2.75) is 51.1 Å². The zero-order valence-electron chi connectivity index (χ0n) is 16.8. The summed E-state index contributed by atoms with van der Waals surface area (Å²) in [5.41, 5.74) is 1.16. The van der Waals surface area contributed by atoms with E-state index in [2.05, 4.69) is 5.32 Å². The van der Waals surface area contributed by atoms with Gasteiger partial charge in [-0.25, -0.2) is 0 Å². The van der Waals surface area contributed by atoms with Gasteiger partial charge in [-0.3, -0.25) is 4.79 Å². The van der Waals surface area contributed by atoms with E-state index >= 15 is 0 Å². The molecule has 0 bridgehead atoms. The molecule has 1 aromatic rings. The van der Waals surface area contributed by atoms with Crippen LogP contribution in [0.5, 0.6) is 17.2 Å². The summed E-state index contributed by atoms with van der Waals surface area (Å²) < 4.78 is 16.3. The molecule has 2 aliphatic rings. The van der Waals surface area contributed by atoms with Crippen LogP contribution in [-0.2, 0) is 11.3 Å². The Kier molecular flexibility index (Phi) is 6.83. The highest BCUT2D eigenvalue weighted by molar-refractivity contribution is 5.79. The van der Waals surface area contributed by atoms with Gasteiger partial charge in [0, 0.05) is 30.4 Å². The monoisotopic (exact) mass is 377 g/mol. The third-order valence-electron chi connectivity index (χ3n) is 5.94. The van der Waals surface area contributed by atoms with E-state index in [1.165, 1.54) is 17.7 Å². The minimum Gasteiger partial charge on any atom is -0.493 e. The molecule has 27 heavy (non-hydrogen) atoms. The predicted molar refractivity (Wildman–Crippen MR) is 104 cm³/mol. The first-order chi connectivity index (χ1) is 13.1. The summed E-state index contributed by atoms with van der Waals surface area (Å²) in [6.45, 7) is 2.92. The molecule has 3 rings (SSSR count). The minimum atomic E-state index is 0.175. The highest BCUT2D eigenvalue weighted by Gasteiger charge is 2.29. The molecule has 0 aromatic heterocycles. The molecule has 2 fully saturated rings. The second-order valence-electron chi connectivity index (χ2n) is 7.72. The highest BCUT2D eigenvalue weighted by atomic mass is 16.5. The number of rotatable bonds is 7. The Bertz CT molecular complexity index is 610. The Morgan fingerprint density at radius 1 is 1.00 bits per heavy atom. The third-order valence-corrected chi connectivity index (χ3v) is 5.94. The van der Waals surface area contributed by atoms with E-state index in [4.69, 9.17) is 14.2 Å². The van der Waals surface area contributed by atoms with Gasteiger partial charge in [0.2, 0.25) is 11.7 Å². The van der Waals surface area contributed by atoms with Crippen LogP contribution in [0.3, 0.4) is 0 Å². The fraction of sp³-hybridized carbons (Fsp3) is 0.667. The standard InChI is InChI=1S/C21H32N2O4/c1-25-18-12-15(13-19(26-2)20(18)27-3)14-23-10-8-16(9-11-23)21(24)22-17-6-4-5-7-17/h12-13,16-17H,4-11,14H2,1-3H3,(H,22,24)/p+1. The number of carbonyl (C=O) groups excluding carboxylic acids is 1. The average Bonchev–Trinajstić information content (AvgIpc) is 3.20. The van der Waals surface area contributed by atoms with Crippen LogP contribution in [0.4, 0.5) is 0 Å². The van der Waals surface area contributed by atoms with Gasteiger partial charge < -0.3 is 24.4 Å². The van der Waals surface area contributed by atoms with Gasteiger partial charge in [0.05, 0.1) is 34.4 Å². The normalized spacial score (nSPS) is 23.1. The van der Waals surface area contributed by atoms with Crippen LogP contribution in [0.2, 0.25) is 0 Å². The SMILES string of the molecule is COc1cc(C[NH+]2CCC(C(=O)NC3CCCC3)CC2)cc(OC)c1OC. The average molecular weight is 378 g/mol. The molecular formula is C21H33N2O4+. The first-order valence-corrected chi connectivity index (χ1v) is 10.1. The van der Waals surface area contributed by atoms with Gasteiger partial charge >= 0.3 is 0 Å². The number of piperidine rings is 1. The number of ether oxygens (including phenoxy) is 3. The zero-order valence-corrected chi connectivity index (χ0v) is 16.8. The molecule has 1 aliphatic carbocycles. The van der Waals surface area contributed by atoms with Crippen molar-refractivity contribution < 1.29 is 23.9 Å². The van der Waals surface area contributed by atoms with Crippen LogP contribution in [0.15, 0.2) is 12.1 Å². The van der Waals surface area contributed by atoms with Gasteiger partial charge in [-0.15, -0.1) is 0 Å². The topological polar surface area (TPSA) is 61.2 Å². The van der Waals surface area contributed by atoms with Gasteiger partial charge in [0.25, 0.3) is 0 Å². The van der Waals surface area contributed by atoms with Crippen LogP contribution < -0.4 is 24.4 Å². The van der Waals surface area contributed by atoms with Crippen molar-refractivity contribution in [2.24, 2.45) is 5.92 Å². The third kappa shape index (κ3) is 4.86. The van der Waals surface area contributed by atoms with Crippen LogP contribution in [0.25, 0.3) is 0 Å². The van der Waals surface area contributed by atoms with Gasteiger partial charge in [0.1, 0.15) is 6.54 Å². The van der Waals surface area contributed by atoms with E-state index in [9.17, 15) is 4.79 Å². The Morgan fingerprint density at radius 2 is 1.59 bits per heavy atom. The molecule has 0 spiro atoms. The van der Waals surface area contributed by atoms with E-state index in [0.29, 0.717) is 23.3 Å². The molecular weight excluding hydrogens is 344 g/mol. The number of hydrogen-bond acceptors (Lipinski definition) is 4. The quantitative estimate of drug-likeness (QED) is 0.757. The molecule has 2 N–H and O–H groups in total. The smallest absolute Gasteiger partial charge is 0.223 e. The summed E-state index contributed by atoms with van der Waals surface area (Å²) in [4.78, 5) is 14.0. The maximum absolute atomic E-state index is 12.5. The van der Waals surface area contributed by atoms with Crippen molar-refractivity contribution in [3.05, 3.63) is 17.7 Å². The summed E-state index contributed by atoms with van der Waals surface area (Å²) in [5.74, 6) is 2.46. The lowest BCUT2D eigenvalue weighted by molar-refractivity contribution is -0.919. The van der Waals surface area contributed by atoms with Crippen molar-refractivity contribution in [2.75, 3.05) is 34.4 Å². The minimum absolute atomic E-state index is 0.175. The molecule has 150 valence electrons. The second-order valence-corrected chi connectivity index (χ2v) is 7.72. The van der Waals surface area contributed by atoms with Crippen LogP contribution in [0, 0.1) is 5.92 Å². The molecule has 1 aromatic carbocycles. The van der Waals surface area contributed by atoms with Crippen molar-refractivity contribution in [3.63, 3.8) is 0 Å². The number of methoxy groups -OCH3 is 3. The fourth-order valence-corrected chi connectivity index (χ4v) is 4.38. The first kappa shape index (κ1) is 19.8. The fourth-order valence-electron chi connectivity index (χ4n) is 4.38. The number of hydrogen-bond donors (Lipinski definition) is 2. The molecule has 1 amide bonds. The van der Waals surface area contributed by atoms with Gasteiger partial charge in [-0.2, -0.15) is 0 Å². The summed E-state index contributed by atoms with van der Waals surface area (Å²) in [6, 6.07) is 4.46. The lowest BCUT2D eigenvalue weighted by Crippen LogP contribution is -3.11. The number of benzene rings is 1. The maximum atomic E-state index is 12.5. The van der Waals surface area contributed by atoms with Gasteiger partial charge in [0.15, 0.2) is 11.5 Å². The van der Waals surface area contributed by atoms with Crippen LogP contribution in [0.1, 0.15) is 44.1 Å². The number of likely N-dealkylation sites (tertiary alicyclic amines) is 1. The van der Waals surface area contributed by atoms with Crippen molar-refractivity contribution in [3.8, 4) is 17.2 Å². The molecule has 1 saturated heterocycles. The van der Waals surface area contributed by atoms with Crippen LogP contribution >= 0.6 is 0 Å². The number of carbonyl (C=O) groups is 1. The molecule has 1 heterocycles.